The third kappa shape index (κ3) is 4.70. The zero-order valence-corrected chi connectivity index (χ0v) is 17.0. The van der Waals surface area contributed by atoms with Crippen LogP contribution in [0.4, 0.5) is 5.69 Å². The van der Waals surface area contributed by atoms with Gasteiger partial charge in [-0.15, -0.1) is 0 Å². The molecular formula is C20H10Cl4N2O2. The van der Waals surface area contributed by atoms with Gasteiger partial charge in [-0.2, -0.15) is 5.26 Å². The van der Waals surface area contributed by atoms with Crippen molar-refractivity contribution in [2.45, 2.75) is 0 Å². The van der Waals surface area contributed by atoms with Gasteiger partial charge in [-0.3, -0.25) is 4.79 Å². The van der Waals surface area contributed by atoms with Crippen LogP contribution in [-0.4, -0.2) is 5.91 Å². The minimum absolute atomic E-state index is 0.161. The maximum atomic E-state index is 12.4. The van der Waals surface area contributed by atoms with Crippen molar-refractivity contribution in [2.24, 2.45) is 0 Å². The lowest BCUT2D eigenvalue weighted by Gasteiger charge is -2.06. The van der Waals surface area contributed by atoms with Crippen LogP contribution in [0.5, 0.6) is 0 Å². The van der Waals surface area contributed by atoms with Crippen LogP contribution < -0.4 is 5.32 Å². The number of nitriles is 1. The normalized spacial score (nSPS) is 11.2. The summed E-state index contributed by atoms with van der Waals surface area (Å²) in [6.07, 6.45) is 1.33. The average Bonchev–Trinajstić information content (AvgIpc) is 3.13. The van der Waals surface area contributed by atoms with Crippen LogP contribution in [0.15, 0.2) is 58.5 Å². The molecule has 0 saturated carbocycles. The summed E-state index contributed by atoms with van der Waals surface area (Å²) in [7, 11) is 0. The molecule has 0 fully saturated rings. The molecule has 28 heavy (non-hydrogen) atoms. The SMILES string of the molecule is N#C/C(=C\c1ccc(-c2ccc(Cl)c(Cl)c2)o1)C(=O)Nc1cc(Cl)ccc1Cl. The molecule has 0 atom stereocenters. The van der Waals surface area contributed by atoms with Gasteiger partial charge in [-0.1, -0.05) is 46.4 Å². The Morgan fingerprint density at radius 2 is 1.71 bits per heavy atom. The van der Waals surface area contributed by atoms with Gasteiger partial charge in [0.25, 0.3) is 5.91 Å². The van der Waals surface area contributed by atoms with Crippen molar-refractivity contribution in [2.75, 3.05) is 5.32 Å². The molecule has 1 N–H and O–H groups in total. The molecule has 2 aromatic carbocycles. The van der Waals surface area contributed by atoms with Crippen molar-refractivity contribution in [3.8, 4) is 17.4 Å². The summed E-state index contributed by atoms with van der Waals surface area (Å²) >= 11 is 23.9. The molecule has 0 unspecified atom stereocenters. The van der Waals surface area contributed by atoms with Crippen LogP contribution in [0, 0.1) is 11.3 Å². The van der Waals surface area contributed by atoms with Gasteiger partial charge in [-0.05, 0) is 48.5 Å². The fraction of sp³-hybridized carbons (Fsp3) is 0. The van der Waals surface area contributed by atoms with E-state index in [1.807, 2.05) is 6.07 Å². The van der Waals surface area contributed by atoms with Crippen LogP contribution in [0.25, 0.3) is 17.4 Å². The predicted molar refractivity (Wildman–Crippen MR) is 113 cm³/mol. The number of hydrogen-bond acceptors (Lipinski definition) is 3. The molecule has 140 valence electrons. The third-order valence-electron chi connectivity index (χ3n) is 3.66. The Labute approximate surface area is 180 Å². The highest BCUT2D eigenvalue weighted by Gasteiger charge is 2.14. The molecule has 1 aromatic heterocycles. The minimum atomic E-state index is -0.640. The molecule has 0 aliphatic heterocycles. The Morgan fingerprint density at radius 1 is 0.964 bits per heavy atom. The summed E-state index contributed by atoms with van der Waals surface area (Å²) in [5.41, 5.74) is 0.852. The van der Waals surface area contributed by atoms with Gasteiger partial charge >= 0.3 is 0 Å². The Bertz CT molecular complexity index is 1130. The zero-order valence-electron chi connectivity index (χ0n) is 14.0. The number of furan rings is 1. The second-order valence-electron chi connectivity index (χ2n) is 5.58. The largest absolute Gasteiger partial charge is 0.457 e. The van der Waals surface area contributed by atoms with Crippen molar-refractivity contribution < 1.29 is 9.21 Å². The van der Waals surface area contributed by atoms with Crippen molar-refractivity contribution in [1.82, 2.24) is 0 Å². The number of nitrogens with one attached hydrogen (secondary N) is 1. The van der Waals surface area contributed by atoms with Crippen LogP contribution in [-0.2, 0) is 4.79 Å². The molecule has 0 spiro atoms. The van der Waals surface area contributed by atoms with E-state index in [1.54, 1.807) is 42.5 Å². The number of carbonyl (C=O) groups excluding carboxylic acids is 1. The fourth-order valence-corrected chi connectivity index (χ4v) is 2.94. The first-order chi connectivity index (χ1) is 13.4. The van der Waals surface area contributed by atoms with E-state index in [0.29, 0.717) is 42.9 Å². The Hall–Kier alpha value is -2.42. The third-order valence-corrected chi connectivity index (χ3v) is 4.96. The van der Waals surface area contributed by atoms with Gasteiger partial charge in [0.2, 0.25) is 0 Å². The molecule has 3 rings (SSSR count). The molecule has 1 heterocycles. The van der Waals surface area contributed by atoms with Gasteiger partial charge in [0.15, 0.2) is 0 Å². The molecule has 1 amide bonds. The zero-order chi connectivity index (χ0) is 20.3. The first kappa shape index (κ1) is 20.3. The van der Waals surface area contributed by atoms with E-state index in [0.717, 1.165) is 0 Å². The second kappa shape index (κ2) is 8.72. The monoisotopic (exact) mass is 450 g/mol. The van der Waals surface area contributed by atoms with E-state index in [4.69, 9.17) is 50.8 Å². The fourth-order valence-electron chi connectivity index (χ4n) is 2.31. The number of carbonyl (C=O) groups is 1. The molecule has 0 bridgehead atoms. The highest BCUT2D eigenvalue weighted by atomic mass is 35.5. The predicted octanol–water partition coefficient (Wildman–Crippen LogP) is 7.11. The topological polar surface area (TPSA) is 66.0 Å². The molecule has 3 aromatic rings. The Morgan fingerprint density at radius 3 is 2.43 bits per heavy atom. The summed E-state index contributed by atoms with van der Waals surface area (Å²) in [5, 5.41) is 13.4. The van der Waals surface area contributed by atoms with Crippen molar-refractivity contribution >= 4 is 64.1 Å². The van der Waals surface area contributed by atoms with Gasteiger partial charge in [0, 0.05) is 16.7 Å². The van der Waals surface area contributed by atoms with Crippen LogP contribution >= 0.6 is 46.4 Å². The maximum Gasteiger partial charge on any atom is 0.266 e. The lowest BCUT2D eigenvalue weighted by molar-refractivity contribution is -0.112. The van der Waals surface area contributed by atoms with Crippen LogP contribution in [0.2, 0.25) is 20.1 Å². The molecule has 4 nitrogen and oxygen atoms in total. The highest BCUT2D eigenvalue weighted by Crippen LogP contribution is 2.30. The summed E-state index contributed by atoms with van der Waals surface area (Å²) in [4.78, 5) is 12.4. The average molecular weight is 452 g/mol. The van der Waals surface area contributed by atoms with Crippen molar-refractivity contribution in [3.63, 3.8) is 0 Å². The number of halogens is 4. The van der Waals surface area contributed by atoms with E-state index in [2.05, 4.69) is 5.32 Å². The minimum Gasteiger partial charge on any atom is -0.457 e. The van der Waals surface area contributed by atoms with Crippen molar-refractivity contribution in [1.29, 1.82) is 5.26 Å². The number of benzene rings is 2. The summed E-state index contributed by atoms with van der Waals surface area (Å²) in [6.45, 7) is 0. The number of anilines is 1. The Balaban J connectivity index is 1.84. The van der Waals surface area contributed by atoms with E-state index < -0.39 is 5.91 Å². The first-order valence-electron chi connectivity index (χ1n) is 7.81. The molecule has 0 saturated heterocycles. The standard InChI is InChI=1S/C20H10Cl4N2O2/c21-13-2-5-16(23)18(9-13)26-20(27)12(10-25)7-14-3-6-19(28-14)11-1-4-15(22)17(24)8-11/h1-9H,(H,26,27)/b12-7+. The van der Waals surface area contributed by atoms with Gasteiger partial charge in [0.1, 0.15) is 23.2 Å². The van der Waals surface area contributed by atoms with Gasteiger partial charge in [0.05, 0.1) is 20.8 Å². The van der Waals surface area contributed by atoms with Gasteiger partial charge in [-0.25, -0.2) is 0 Å². The molecule has 0 radical (unpaired) electrons. The smallest absolute Gasteiger partial charge is 0.266 e. The second-order valence-corrected chi connectivity index (χ2v) is 7.24. The first-order valence-corrected chi connectivity index (χ1v) is 9.32. The van der Waals surface area contributed by atoms with Gasteiger partial charge < -0.3 is 9.73 Å². The molecule has 8 heteroatoms. The summed E-state index contributed by atoms with van der Waals surface area (Å²) < 4.78 is 5.68. The van der Waals surface area contributed by atoms with E-state index in [1.165, 1.54) is 12.1 Å². The Kier molecular flexibility index (Phi) is 6.33. The number of rotatable bonds is 4. The van der Waals surface area contributed by atoms with E-state index in [-0.39, 0.29) is 5.57 Å². The lowest BCUT2D eigenvalue weighted by Crippen LogP contribution is -2.13. The molecular weight excluding hydrogens is 442 g/mol. The van der Waals surface area contributed by atoms with E-state index in [9.17, 15) is 10.1 Å². The van der Waals surface area contributed by atoms with Crippen LogP contribution in [0.3, 0.4) is 0 Å². The number of amides is 1. The van der Waals surface area contributed by atoms with Crippen molar-refractivity contribution in [3.05, 3.63) is 80.0 Å². The number of hydrogen-bond donors (Lipinski definition) is 1. The lowest BCUT2D eigenvalue weighted by atomic mass is 10.2. The molecule has 0 aliphatic carbocycles. The molecule has 0 aliphatic rings. The maximum absolute atomic E-state index is 12.4. The number of nitrogens with zero attached hydrogens (tertiary/aromatic N) is 1. The quantitative estimate of drug-likeness (QED) is 0.339. The van der Waals surface area contributed by atoms with Crippen LogP contribution in [0.1, 0.15) is 5.76 Å². The summed E-state index contributed by atoms with van der Waals surface area (Å²) in [5.74, 6) is 0.199. The van der Waals surface area contributed by atoms with E-state index >= 15 is 0 Å². The summed E-state index contributed by atoms with van der Waals surface area (Å²) in [6, 6.07) is 14.9. The highest BCUT2D eigenvalue weighted by molar-refractivity contribution is 6.42.